The standard InChI is InChI=1S/C26H30N8O4S2/c1-37-21-10-4-8-17(27-21)13-19(35)29-25-33-31-23(39-25)15-6-3-7-16(12-15)24-32-34-26(40-24)30-20(36)14-18-9-5-11-22(28-18)38-2/h4-5,8-11,15-16,19,35H,3,6-7,12-14H2,1-2H3,(H,29,33)(H,30,34,36)/t15-,16-,19?/m0/s1. The molecule has 40 heavy (non-hydrogen) atoms. The van der Waals surface area contributed by atoms with Crippen LogP contribution in [0.15, 0.2) is 36.4 Å². The maximum atomic E-state index is 12.5. The minimum absolute atomic E-state index is 0.121. The Kier molecular flexibility index (Phi) is 9.08. The number of hydrogen-bond acceptors (Lipinski definition) is 13. The molecule has 4 aromatic heterocycles. The molecule has 1 fully saturated rings. The Morgan fingerprint density at radius 3 is 2.20 bits per heavy atom. The topological polar surface area (TPSA) is 157 Å². The lowest BCUT2D eigenvalue weighted by Gasteiger charge is -2.25. The van der Waals surface area contributed by atoms with Crippen LogP contribution in [0, 0.1) is 0 Å². The lowest BCUT2D eigenvalue weighted by Crippen LogP contribution is -2.21. The molecule has 3 atom stereocenters. The van der Waals surface area contributed by atoms with E-state index in [4.69, 9.17) is 9.47 Å². The highest BCUT2D eigenvalue weighted by molar-refractivity contribution is 7.15. The van der Waals surface area contributed by atoms with Crippen molar-refractivity contribution >= 4 is 38.8 Å². The van der Waals surface area contributed by atoms with Crippen molar-refractivity contribution in [2.24, 2.45) is 0 Å². The Morgan fingerprint density at radius 1 is 0.925 bits per heavy atom. The van der Waals surface area contributed by atoms with Gasteiger partial charge in [0.2, 0.25) is 27.9 Å². The van der Waals surface area contributed by atoms with Crippen molar-refractivity contribution in [1.82, 2.24) is 30.4 Å². The van der Waals surface area contributed by atoms with Crippen molar-refractivity contribution < 1.29 is 19.4 Å². The van der Waals surface area contributed by atoms with Crippen molar-refractivity contribution in [2.75, 3.05) is 24.9 Å². The molecule has 3 N–H and O–H groups in total. The van der Waals surface area contributed by atoms with E-state index < -0.39 is 6.23 Å². The number of carbonyl (C=O) groups excluding carboxylic acids is 1. The second-order valence-corrected chi connectivity index (χ2v) is 11.4. The molecule has 4 heterocycles. The number of anilines is 2. The van der Waals surface area contributed by atoms with E-state index in [9.17, 15) is 9.90 Å². The zero-order valence-electron chi connectivity index (χ0n) is 22.1. The van der Waals surface area contributed by atoms with Crippen molar-refractivity contribution in [3.05, 3.63) is 57.8 Å². The molecular weight excluding hydrogens is 552 g/mol. The van der Waals surface area contributed by atoms with Crippen LogP contribution in [-0.2, 0) is 17.6 Å². The Hall–Kier alpha value is -3.75. The van der Waals surface area contributed by atoms with Gasteiger partial charge in [0.25, 0.3) is 0 Å². The van der Waals surface area contributed by atoms with Crippen molar-refractivity contribution in [2.45, 2.75) is 56.6 Å². The Bertz CT molecular complexity index is 1430. The largest absolute Gasteiger partial charge is 0.481 e. The van der Waals surface area contributed by atoms with Crippen molar-refractivity contribution in [3.8, 4) is 11.8 Å². The molecule has 0 aliphatic heterocycles. The first-order chi connectivity index (χ1) is 19.5. The maximum Gasteiger partial charge on any atom is 0.232 e. The summed E-state index contributed by atoms with van der Waals surface area (Å²) in [6, 6.07) is 10.8. The molecule has 210 valence electrons. The van der Waals surface area contributed by atoms with Crippen LogP contribution in [0.5, 0.6) is 11.8 Å². The third-order valence-electron chi connectivity index (χ3n) is 6.52. The molecule has 5 rings (SSSR count). The summed E-state index contributed by atoms with van der Waals surface area (Å²) in [6.07, 6.45) is 3.50. The van der Waals surface area contributed by atoms with Crippen LogP contribution < -0.4 is 20.1 Å². The van der Waals surface area contributed by atoms with Crippen LogP contribution in [0.1, 0.15) is 58.9 Å². The zero-order valence-corrected chi connectivity index (χ0v) is 23.7. The van der Waals surface area contributed by atoms with Gasteiger partial charge in [-0.3, -0.25) is 4.79 Å². The smallest absolute Gasteiger partial charge is 0.232 e. The van der Waals surface area contributed by atoms with Gasteiger partial charge in [-0.25, -0.2) is 9.97 Å². The van der Waals surface area contributed by atoms with Crippen molar-refractivity contribution in [1.29, 1.82) is 0 Å². The highest BCUT2D eigenvalue weighted by Gasteiger charge is 2.29. The van der Waals surface area contributed by atoms with Gasteiger partial charge in [-0.15, -0.1) is 20.4 Å². The molecule has 0 bridgehead atoms. The van der Waals surface area contributed by atoms with Gasteiger partial charge in [0.15, 0.2) is 0 Å². The first-order valence-corrected chi connectivity index (χ1v) is 14.5. The number of nitrogens with one attached hydrogen (secondary N) is 2. The van der Waals surface area contributed by atoms with E-state index in [2.05, 4.69) is 41.0 Å². The quantitative estimate of drug-likeness (QED) is 0.221. The predicted octanol–water partition coefficient (Wildman–Crippen LogP) is 3.79. The normalized spacial score (nSPS) is 17.7. The fourth-order valence-electron chi connectivity index (χ4n) is 4.62. The van der Waals surface area contributed by atoms with Crippen LogP contribution in [0.4, 0.5) is 10.3 Å². The van der Waals surface area contributed by atoms with Gasteiger partial charge in [0.1, 0.15) is 16.2 Å². The zero-order chi connectivity index (χ0) is 27.9. The minimum Gasteiger partial charge on any atom is -0.481 e. The lowest BCUT2D eigenvalue weighted by atomic mass is 9.82. The molecule has 4 aromatic rings. The van der Waals surface area contributed by atoms with Gasteiger partial charge in [0, 0.05) is 36.1 Å². The summed E-state index contributed by atoms with van der Waals surface area (Å²) in [5, 5.41) is 36.5. The Balaban J connectivity index is 1.14. The van der Waals surface area contributed by atoms with Crippen molar-refractivity contribution in [3.63, 3.8) is 0 Å². The number of nitrogens with zero attached hydrogens (tertiary/aromatic N) is 6. The molecule has 1 aliphatic carbocycles. The number of pyridine rings is 2. The number of aliphatic hydroxyl groups excluding tert-OH is 1. The molecule has 0 aromatic carbocycles. The average molecular weight is 583 g/mol. The number of hydrogen-bond donors (Lipinski definition) is 3. The summed E-state index contributed by atoms with van der Waals surface area (Å²) >= 11 is 2.87. The van der Waals surface area contributed by atoms with Gasteiger partial charge in [-0.2, -0.15) is 0 Å². The minimum atomic E-state index is -0.853. The van der Waals surface area contributed by atoms with E-state index in [1.54, 1.807) is 38.5 Å². The summed E-state index contributed by atoms with van der Waals surface area (Å²) < 4.78 is 10.3. The second-order valence-electron chi connectivity index (χ2n) is 9.38. The molecule has 14 heteroatoms. The van der Waals surface area contributed by atoms with Crippen LogP contribution in [0.2, 0.25) is 0 Å². The van der Waals surface area contributed by atoms with Gasteiger partial charge < -0.3 is 25.2 Å². The third kappa shape index (κ3) is 7.25. The molecule has 1 saturated carbocycles. The second kappa shape index (κ2) is 13.1. The van der Waals surface area contributed by atoms with E-state index in [1.165, 1.54) is 22.7 Å². The average Bonchev–Trinajstić information content (AvgIpc) is 3.63. The highest BCUT2D eigenvalue weighted by Crippen LogP contribution is 2.43. The molecule has 0 saturated heterocycles. The number of methoxy groups -OCH3 is 2. The van der Waals surface area contributed by atoms with Crippen LogP contribution in [0.25, 0.3) is 0 Å². The molecule has 1 aliphatic rings. The number of ether oxygens (including phenoxy) is 2. The number of amides is 1. The summed E-state index contributed by atoms with van der Waals surface area (Å²) in [5.41, 5.74) is 1.33. The van der Waals surface area contributed by atoms with Crippen LogP contribution in [0.3, 0.4) is 0 Å². The van der Waals surface area contributed by atoms with E-state index in [0.717, 1.165) is 35.7 Å². The fraction of sp³-hybridized carbons (Fsp3) is 0.423. The molecular formula is C26H30N8O4S2. The fourth-order valence-corrected chi connectivity index (χ4v) is 6.46. The number of rotatable bonds is 11. The van der Waals surface area contributed by atoms with Gasteiger partial charge in [0.05, 0.1) is 26.3 Å². The first kappa shape index (κ1) is 27.8. The van der Waals surface area contributed by atoms with Gasteiger partial charge in [-0.05, 0) is 31.4 Å². The summed E-state index contributed by atoms with van der Waals surface area (Å²) in [7, 11) is 3.10. The monoisotopic (exact) mass is 582 g/mol. The van der Waals surface area contributed by atoms with E-state index in [-0.39, 0.29) is 24.2 Å². The van der Waals surface area contributed by atoms with Gasteiger partial charge in [-0.1, -0.05) is 41.2 Å². The molecule has 1 unspecified atom stereocenters. The molecule has 0 spiro atoms. The molecule has 0 radical (unpaired) electrons. The molecule has 12 nitrogen and oxygen atoms in total. The SMILES string of the molecule is COc1cccc(CC(=O)Nc2nnc([C@H]3CCC[C@H](c4nnc(NC(O)Cc5cccc(OC)n5)s4)C3)s2)n1. The Labute approximate surface area is 239 Å². The summed E-state index contributed by atoms with van der Waals surface area (Å²) in [6.45, 7) is 0. The number of aromatic nitrogens is 6. The van der Waals surface area contributed by atoms with Crippen LogP contribution in [-0.4, -0.2) is 61.8 Å². The number of aliphatic hydroxyl groups is 1. The maximum absolute atomic E-state index is 12.5. The van der Waals surface area contributed by atoms with E-state index in [1.807, 2.05) is 12.1 Å². The molecule has 1 amide bonds. The summed E-state index contributed by atoms with van der Waals surface area (Å²) in [5.74, 6) is 1.24. The third-order valence-corrected chi connectivity index (χ3v) is 8.53. The highest BCUT2D eigenvalue weighted by atomic mass is 32.1. The first-order valence-electron chi connectivity index (χ1n) is 12.9. The van der Waals surface area contributed by atoms with Crippen LogP contribution >= 0.6 is 22.7 Å². The Morgan fingerprint density at radius 2 is 1.52 bits per heavy atom. The number of carbonyl (C=O) groups is 1. The van der Waals surface area contributed by atoms with Gasteiger partial charge >= 0.3 is 0 Å². The lowest BCUT2D eigenvalue weighted by molar-refractivity contribution is -0.115. The van der Waals surface area contributed by atoms with E-state index >= 15 is 0 Å². The summed E-state index contributed by atoms with van der Waals surface area (Å²) in [4.78, 5) is 21.1. The van der Waals surface area contributed by atoms with E-state index in [0.29, 0.717) is 39.8 Å². The predicted molar refractivity (Wildman–Crippen MR) is 151 cm³/mol.